The summed E-state index contributed by atoms with van der Waals surface area (Å²) in [6, 6.07) is 0. The van der Waals surface area contributed by atoms with Crippen LogP contribution >= 0.6 is 0 Å². The molecule has 5 heteroatoms. The Morgan fingerprint density at radius 1 is 1.20 bits per heavy atom. The summed E-state index contributed by atoms with van der Waals surface area (Å²) in [6.07, 6.45) is 3.16. The minimum Gasteiger partial charge on any atom is -0.315 e. The standard InChI is InChI=1S/C10H24N2O2S/c1-4-6-11-7-9-12(2)8-5-10-15(3,13)14/h11H,4-10H2,1-3H3. The van der Waals surface area contributed by atoms with Crippen LogP contribution < -0.4 is 5.32 Å². The predicted molar refractivity (Wildman–Crippen MR) is 65.0 cm³/mol. The Hall–Kier alpha value is -0.130. The molecule has 4 nitrogen and oxygen atoms in total. The van der Waals surface area contributed by atoms with Gasteiger partial charge in [0.2, 0.25) is 0 Å². The lowest BCUT2D eigenvalue weighted by molar-refractivity contribution is 0.332. The lowest BCUT2D eigenvalue weighted by Crippen LogP contribution is -2.30. The molecule has 0 aliphatic rings. The molecule has 0 heterocycles. The van der Waals surface area contributed by atoms with E-state index < -0.39 is 9.84 Å². The van der Waals surface area contributed by atoms with Crippen molar-refractivity contribution in [3.63, 3.8) is 0 Å². The average molecular weight is 236 g/mol. The van der Waals surface area contributed by atoms with Crippen LogP contribution in [0.3, 0.4) is 0 Å². The lowest BCUT2D eigenvalue weighted by Gasteiger charge is -2.16. The molecule has 0 rings (SSSR count). The largest absolute Gasteiger partial charge is 0.315 e. The normalized spacial score (nSPS) is 12.3. The Morgan fingerprint density at radius 2 is 1.87 bits per heavy atom. The van der Waals surface area contributed by atoms with Gasteiger partial charge in [0.05, 0.1) is 5.75 Å². The summed E-state index contributed by atoms with van der Waals surface area (Å²) in [5.74, 6) is 0.291. The zero-order valence-electron chi connectivity index (χ0n) is 10.1. The van der Waals surface area contributed by atoms with Crippen molar-refractivity contribution < 1.29 is 8.42 Å². The van der Waals surface area contributed by atoms with E-state index in [0.29, 0.717) is 5.75 Å². The van der Waals surface area contributed by atoms with Gasteiger partial charge in [0.15, 0.2) is 0 Å². The van der Waals surface area contributed by atoms with Crippen LogP contribution in [0.25, 0.3) is 0 Å². The number of nitrogens with one attached hydrogen (secondary N) is 1. The molecule has 0 fully saturated rings. The van der Waals surface area contributed by atoms with Gasteiger partial charge in [-0.25, -0.2) is 8.42 Å². The highest BCUT2D eigenvalue weighted by Gasteiger charge is 2.03. The maximum absolute atomic E-state index is 10.9. The van der Waals surface area contributed by atoms with Crippen molar-refractivity contribution >= 4 is 9.84 Å². The molecule has 0 spiro atoms. The number of sulfone groups is 1. The van der Waals surface area contributed by atoms with Crippen molar-refractivity contribution in [1.29, 1.82) is 0 Å². The van der Waals surface area contributed by atoms with Crippen LogP contribution in [0.2, 0.25) is 0 Å². The minimum atomic E-state index is -2.79. The highest BCUT2D eigenvalue weighted by molar-refractivity contribution is 7.90. The van der Waals surface area contributed by atoms with Crippen molar-refractivity contribution in [2.45, 2.75) is 19.8 Å². The first-order valence-corrected chi connectivity index (χ1v) is 7.58. The molecule has 92 valence electrons. The van der Waals surface area contributed by atoms with Crippen molar-refractivity contribution in [3.8, 4) is 0 Å². The molecule has 0 aliphatic carbocycles. The Morgan fingerprint density at radius 3 is 2.40 bits per heavy atom. The van der Waals surface area contributed by atoms with Gasteiger partial charge in [-0.3, -0.25) is 0 Å². The maximum atomic E-state index is 10.9. The predicted octanol–water partition coefficient (Wildman–Crippen LogP) is 0.353. The fourth-order valence-corrected chi connectivity index (χ4v) is 1.93. The molecule has 0 bridgehead atoms. The summed E-state index contributed by atoms with van der Waals surface area (Å²) in [6.45, 7) is 5.99. The van der Waals surface area contributed by atoms with Gasteiger partial charge in [-0.1, -0.05) is 6.92 Å². The van der Waals surface area contributed by atoms with Crippen LogP contribution in [-0.2, 0) is 9.84 Å². The summed E-state index contributed by atoms with van der Waals surface area (Å²) in [5.41, 5.74) is 0. The van der Waals surface area contributed by atoms with Crippen LogP contribution in [0.15, 0.2) is 0 Å². The molecule has 15 heavy (non-hydrogen) atoms. The number of hydrogen-bond donors (Lipinski definition) is 1. The molecule has 0 aromatic rings. The molecular weight excluding hydrogens is 212 g/mol. The van der Waals surface area contributed by atoms with Crippen LogP contribution in [-0.4, -0.2) is 58.6 Å². The van der Waals surface area contributed by atoms with Gasteiger partial charge in [0, 0.05) is 19.3 Å². The third-order valence-electron chi connectivity index (χ3n) is 2.15. The maximum Gasteiger partial charge on any atom is 0.147 e. The third kappa shape index (κ3) is 11.8. The van der Waals surface area contributed by atoms with Crippen molar-refractivity contribution in [2.24, 2.45) is 0 Å². The Bertz CT molecular complexity index is 240. The molecular formula is C10H24N2O2S. The Kier molecular flexibility index (Phi) is 8.00. The summed E-state index contributed by atoms with van der Waals surface area (Å²) < 4.78 is 21.8. The van der Waals surface area contributed by atoms with Crippen molar-refractivity contribution in [3.05, 3.63) is 0 Å². The van der Waals surface area contributed by atoms with Gasteiger partial charge in [-0.15, -0.1) is 0 Å². The summed E-state index contributed by atoms with van der Waals surface area (Å²) in [5, 5.41) is 3.31. The van der Waals surface area contributed by atoms with Crippen LogP contribution in [0.4, 0.5) is 0 Å². The molecule has 0 aliphatic heterocycles. The van der Waals surface area contributed by atoms with Crippen LogP contribution in [0.1, 0.15) is 19.8 Å². The fraction of sp³-hybridized carbons (Fsp3) is 1.00. The number of nitrogens with zero attached hydrogens (tertiary/aromatic N) is 1. The van der Waals surface area contributed by atoms with Gasteiger partial charge < -0.3 is 10.2 Å². The molecule has 0 amide bonds. The smallest absolute Gasteiger partial charge is 0.147 e. The first-order valence-electron chi connectivity index (χ1n) is 5.52. The van der Waals surface area contributed by atoms with Gasteiger partial charge in [0.1, 0.15) is 9.84 Å². The highest BCUT2D eigenvalue weighted by atomic mass is 32.2. The van der Waals surface area contributed by atoms with Gasteiger partial charge in [-0.05, 0) is 33.0 Å². The van der Waals surface area contributed by atoms with Crippen LogP contribution in [0.5, 0.6) is 0 Å². The van der Waals surface area contributed by atoms with E-state index in [0.717, 1.165) is 39.0 Å². The third-order valence-corrected chi connectivity index (χ3v) is 3.18. The summed E-state index contributed by atoms with van der Waals surface area (Å²) in [4.78, 5) is 2.16. The molecule has 0 saturated heterocycles. The zero-order chi connectivity index (χ0) is 11.7. The van der Waals surface area contributed by atoms with E-state index in [9.17, 15) is 8.42 Å². The van der Waals surface area contributed by atoms with E-state index >= 15 is 0 Å². The number of likely N-dealkylation sites (N-methyl/N-ethyl adjacent to an activating group) is 1. The zero-order valence-corrected chi connectivity index (χ0v) is 10.9. The second kappa shape index (κ2) is 8.07. The van der Waals surface area contributed by atoms with Crippen LogP contribution in [0, 0.1) is 0 Å². The molecule has 0 saturated carbocycles. The number of hydrogen-bond acceptors (Lipinski definition) is 4. The fourth-order valence-electron chi connectivity index (χ4n) is 1.28. The highest BCUT2D eigenvalue weighted by Crippen LogP contribution is 1.91. The second-order valence-electron chi connectivity index (χ2n) is 4.04. The minimum absolute atomic E-state index is 0.291. The molecule has 0 atom stereocenters. The van der Waals surface area contributed by atoms with E-state index in [2.05, 4.69) is 17.1 Å². The Labute approximate surface area is 94.0 Å². The second-order valence-corrected chi connectivity index (χ2v) is 6.30. The van der Waals surface area contributed by atoms with Crippen molar-refractivity contribution in [1.82, 2.24) is 10.2 Å². The molecule has 0 unspecified atom stereocenters. The van der Waals surface area contributed by atoms with E-state index in [-0.39, 0.29) is 0 Å². The number of rotatable bonds is 9. The Balaban J connectivity index is 3.37. The average Bonchev–Trinajstić information content (AvgIpc) is 2.10. The molecule has 0 aromatic heterocycles. The lowest BCUT2D eigenvalue weighted by atomic mass is 10.4. The van der Waals surface area contributed by atoms with Gasteiger partial charge in [-0.2, -0.15) is 0 Å². The van der Waals surface area contributed by atoms with E-state index in [4.69, 9.17) is 0 Å². The summed E-state index contributed by atoms with van der Waals surface area (Å²) >= 11 is 0. The molecule has 0 radical (unpaired) electrons. The van der Waals surface area contributed by atoms with Crippen molar-refractivity contribution in [2.75, 3.05) is 45.2 Å². The topological polar surface area (TPSA) is 49.4 Å². The van der Waals surface area contributed by atoms with Gasteiger partial charge >= 0.3 is 0 Å². The quantitative estimate of drug-likeness (QED) is 0.587. The SMILES string of the molecule is CCCNCCN(C)CCCS(C)(=O)=O. The molecule has 0 aromatic carbocycles. The first kappa shape index (κ1) is 14.9. The molecule has 1 N–H and O–H groups in total. The van der Waals surface area contributed by atoms with E-state index in [1.807, 2.05) is 7.05 Å². The van der Waals surface area contributed by atoms with E-state index in [1.54, 1.807) is 0 Å². The monoisotopic (exact) mass is 236 g/mol. The summed E-state index contributed by atoms with van der Waals surface area (Å²) in [7, 11) is -0.767. The van der Waals surface area contributed by atoms with E-state index in [1.165, 1.54) is 6.26 Å². The van der Waals surface area contributed by atoms with Gasteiger partial charge in [0.25, 0.3) is 0 Å². The first-order chi connectivity index (χ1) is 6.95.